The van der Waals surface area contributed by atoms with Gasteiger partial charge >= 0.3 is 0 Å². The van der Waals surface area contributed by atoms with Gasteiger partial charge in [0.05, 0.1) is 12.0 Å². The minimum atomic E-state index is 0.365. The Bertz CT molecular complexity index is 410. The number of hydrogen-bond acceptors (Lipinski definition) is 2. The van der Waals surface area contributed by atoms with Gasteiger partial charge in [0, 0.05) is 36.2 Å². The van der Waals surface area contributed by atoms with Crippen LogP contribution in [0.4, 0.5) is 0 Å². The number of aryl methyl sites for hydroxylation is 1. The summed E-state index contributed by atoms with van der Waals surface area (Å²) in [4.78, 5) is 4.60. The lowest BCUT2D eigenvalue weighted by Crippen LogP contribution is -2.35. The van der Waals surface area contributed by atoms with Crippen molar-refractivity contribution < 1.29 is 4.74 Å². The minimum Gasteiger partial charge on any atom is -0.381 e. The first-order valence-electron chi connectivity index (χ1n) is 7.00. The molecule has 1 aliphatic carbocycles. The van der Waals surface area contributed by atoms with Gasteiger partial charge in [0.15, 0.2) is 0 Å². The van der Waals surface area contributed by atoms with Crippen molar-refractivity contribution in [1.29, 1.82) is 0 Å². The molecule has 3 rings (SSSR count). The van der Waals surface area contributed by atoms with Gasteiger partial charge in [0.1, 0.15) is 0 Å². The van der Waals surface area contributed by atoms with Crippen LogP contribution in [0.1, 0.15) is 37.1 Å². The van der Waals surface area contributed by atoms with E-state index in [4.69, 9.17) is 4.74 Å². The van der Waals surface area contributed by atoms with Crippen molar-refractivity contribution >= 4 is 15.9 Å². The van der Waals surface area contributed by atoms with Crippen molar-refractivity contribution in [2.45, 2.75) is 45.1 Å². The van der Waals surface area contributed by atoms with Gasteiger partial charge in [-0.25, -0.2) is 4.98 Å². The molecule has 0 amide bonds. The first kappa shape index (κ1) is 12.7. The number of rotatable bonds is 3. The number of nitrogens with zero attached hydrogens (tertiary/aromatic N) is 2. The molecule has 0 unspecified atom stereocenters. The van der Waals surface area contributed by atoms with Crippen molar-refractivity contribution in [3.05, 3.63) is 17.7 Å². The monoisotopic (exact) mass is 312 g/mol. The second-order valence-corrected chi connectivity index (χ2v) is 6.28. The second kappa shape index (κ2) is 5.33. The lowest BCUT2D eigenvalue weighted by atomic mass is 9.82. The first-order valence-corrected chi connectivity index (χ1v) is 8.12. The van der Waals surface area contributed by atoms with E-state index >= 15 is 0 Å². The van der Waals surface area contributed by atoms with Gasteiger partial charge in [-0.15, -0.1) is 0 Å². The highest BCUT2D eigenvalue weighted by Crippen LogP contribution is 2.35. The summed E-state index contributed by atoms with van der Waals surface area (Å²) < 4.78 is 7.93. The minimum absolute atomic E-state index is 0.365. The highest BCUT2D eigenvalue weighted by molar-refractivity contribution is 9.09. The van der Waals surface area contributed by atoms with Gasteiger partial charge in [-0.2, -0.15) is 0 Å². The Kier molecular flexibility index (Phi) is 3.76. The maximum absolute atomic E-state index is 5.51. The SMILES string of the molecule is BrCC1(Cn2cnc3c2CCCC3)CCOCC1. The smallest absolute Gasteiger partial charge is 0.0951 e. The van der Waals surface area contributed by atoms with Crippen molar-refractivity contribution in [3.8, 4) is 0 Å². The summed E-state index contributed by atoms with van der Waals surface area (Å²) in [7, 11) is 0. The lowest BCUT2D eigenvalue weighted by molar-refractivity contribution is 0.0182. The van der Waals surface area contributed by atoms with E-state index in [1.807, 2.05) is 0 Å². The zero-order valence-corrected chi connectivity index (χ0v) is 12.4. The van der Waals surface area contributed by atoms with Crippen LogP contribution in [0, 0.1) is 5.41 Å². The van der Waals surface area contributed by atoms with E-state index in [2.05, 4.69) is 31.8 Å². The standard InChI is InChI=1S/C14H21BrN2O/c15-9-14(5-7-18-8-6-14)10-17-11-16-12-3-1-2-4-13(12)17/h11H,1-10H2. The normalized spacial score (nSPS) is 22.7. The Morgan fingerprint density at radius 2 is 2.06 bits per heavy atom. The summed E-state index contributed by atoms with van der Waals surface area (Å²) in [5.41, 5.74) is 3.20. The predicted molar refractivity (Wildman–Crippen MR) is 75.1 cm³/mol. The number of fused-ring (bicyclic) bond motifs is 1. The molecule has 0 N–H and O–H groups in total. The van der Waals surface area contributed by atoms with E-state index in [-0.39, 0.29) is 0 Å². The second-order valence-electron chi connectivity index (χ2n) is 5.72. The average Bonchev–Trinajstić information content (AvgIpc) is 2.83. The molecular formula is C14H21BrN2O. The third kappa shape index (κ3) is 2.37. The summed E-state index contributed by atoms with van der Waals surface area (Å²) in [6, 6.07) is 0. The van der Waals surface area contributed by atoms with Gasteiger partial charge in [0.25, 0.3) is 0 Å². The van der Waals surface area contributed by atoms with E-state index in [0.29, 0.717) is 5.41 Å². The van der Waals surface area contributed by atoms with E-state index in [9.17, 15) is 0 Å². The zero-order valence-electron chi connectivity index (χ0n) is 10.8. The van der Waals surface area contributed by atoms with Crippen LogP contribution in [0.3, 0.4) is 0 Å². The maximum atomic E-state index is 5.51. The zero-order chi connectivity index (χ0) is 12.4. The van der Waals surface area contributed by atoms with Crippen LogP contribution in [0.15, 0.2) is 6.33 Å². The predicted octanol–water partition coefficient (Wildman–Crippen LogP) is 2.95. The molecule has 1 aromatic heterocycles. The molecule has 0 atom stereocenters. The number of hydrogen-bond donors (Lipinski definition) is 0. The number of ether oxygens (including phenoxy) is 1. The quantitative estimate of drug-likeness (QED) is 0.802. The highest BCUT2D eigenvalue weighted by Gasteiger charge is 2.33. The molecule has 4 heteroatoms. The van der Waals surface area contributed by atoms with Gasteiger partial charge < -0.3 is 9.30 Å². The third-order valence-electron chi connectivity index (χ3n) is 4.45. The molecule has 1 fully saturated rings. The summed E-state index contributed by atoms with van der Waals surface area (Å²) in [5, 5.41) is 1.07. The molecule has 0 saturated carbocycles. The third-order valence-corrected chi connectivity index (χ3v) is 5.64. The van der Waals surface area contributed by atoms with E-state index in [1.165, 1.54) is 37.1 Å². The maximum Gasteiger partial charge on any atom is 0.0951 e. The lowest BCUT2D eigenvalue weighted by Gasteiger charge is -2.36. The molecule has 2 heterocycles. The van der Waals surface area contributed by atoms with Crippen molar-refractivity contribution in [3.63, 3.8) is 0 Å². The fraction of sp³-hybridized carbons (Fsp3) is 0.786. The van der Waals surface area contributed by atoms with Crippen LogP contribution in [0.25, 0.3) is 0 Å². The van der Waals surface area contributed by atoms with Gasteiger partial charge in [-0.3, -0.25) is 0 Å². The van der Waals surface area contributed by atoms with E-state index in [0.717, 1.165) is 37.9 Å². The topological polar surface area (TPSA) is 27.1 Å². The van der Waals surface area contributed by atoms with Crippen LogP contribution in [-0.2, 0) is 24.1 Å². The summed E-state index contributed by atoms with van der Waals surface area (Å²) >= 11 is 3.72. The molecule has 2 aliphatic rings. The van der Waals surface area contributed by atoms with Crippen molar-refractivity contribution in [2.24, 2.45) is 5.41 Å². The molecule has 0 spiro atoms. The number of halogens is 1. The van der Waals surface area contributed by atoms with Crippen LogP contribution in [0.2, 0.25) is 0 Å². The van der Waals surface area contributed by atoms with E-state index < -0.39 is 0 Å². The fourth-order valence-electron chi connectivity index (χ4n) is 3.17. The van der Waals surface area contributed by atoms with Crippen LogP contribution < -0.4 is 0 Å². The van der Waals surface area contributed by atoms with Crippen molar-refractivity contribution in [1.82, 2.24) is 9.55 Å². The average molecular weight is 313 g/mol. The van der Waals surface area contributed by atoms with Gasteiger partial charge in [0.2, 0.25) is 0 Å². The molecule has 1 aliphatic heterocycles. The van der Waals surface area contributed by atoms with Gasteiger partial charge in [-0.05, 0) is 38.5 Å². The Labute approximate surface area is 117 Å². The van der Waals surface area contributed by atoms with Crippen molar-refractivity contribution in [2.75, 3.05) is 18.5 Å². The Morgan fingerprint density at radius 3 is 2.83 bits per heavy atom. The van der Waals surface area contributed by atoms with E-state index in [1.54, 1.807) is 0 Å². The number of alkyl halides is 1. The summed E-state index contributed by atoms with van der Waals surface area (Å²) in [6.45, 7) is 2.91. The molecule has 100 valence electrons. The Morgan fingerprint density at radius 1 is 1.28 bits per heavy atom. The largest absolute Gasteiger partial charge is 0.381 e. The Hall–Kier alpha value is -0.350. The number of imidazole rings is 1. The van der Waals surface area contributed by atoms with Crippen LogP contribution >= 0.6 is 15.9 Å². The molecular weight excluding hydrogens is 292 g/mol. The summed E-state index contributed by atoms with van der Waals surface area (Å²) in [5.74, 6) is 0. The molecule has 0 bridgehead atoms. The molecule has 18 heavy (non-hydrogen) atoms. The first-order chi connectivity index (χ1) is 8.83. The van der Waals surface area contributed by atoms with Crippen LogP contribution in [0.5, 0.6) is 0 Å². The summed E-state index contributed by atoms with van der Waals surface area (Å²) in [6.07, 6.45) is 9.40. The fourth-order valence-corrected chi connectivity index (χ4v) is 3.91. The van der Waals surface area contributed by atoms with Gasteiger partial charge in [-0.1, -0.05) is 15.9 Å². The number of aromatic nitrogens is 2. The molecule has 1 aromatic rings. The van der Waals surface area contributed by atoms with Crippen LogP contribution in [-0.4, -0.2) is 28.1 Å². The highest BCUT2D eigenvalue weighted by atomic mass is 79.9. The molecule has 0 radical (unpaired) electrons. The molecule has 3 nitrogen and oxygen atoms in total. The Balaban J connectivity index is 1.80. The molecule has 1 saturated heterocycles. The molecule has 0 aromatic carbocycles.